The molecule has 6 nitrogen and oxygen atoms in total. The summed E-state index contributed by atoms with van der Waals surface area (Å²) >= 11 is 0. The van der Waals surface area contributed by atoms with Crippen LogP contribution in [0.1, 0.15) is 16.8 Å². The third kappa shape index (κ3) is 4.83. The molecule has 1 aliphatic rings. The van der Waals surface area contributed by atoms with E-state index in [0.29, 0.717) is 11.1 Å². The fraction of sp³-hybridized carbons (Fsp3) is 0.0952. The van der Waals surface area contributed by atoms with E-state index in [9.17, 15) is 23.4 Å². The molecular weight excluding hydrogens is 378 g/mol. The Morgan fingerprint density at radius 3 is 2.50 bits per heavy atom. The van der Waals surface area contributed by atoms with Gasteiger partial charge in [-0.2, -0.15) is 4.72 Å². The van der Waals surface area contributed by atoms with E-state index in [-0.39, 0.29) is 22.8 Å². The summed E-state index contributed by atoms with van der Waals surface area (Å²) in [6.07, 6.45) is 7.49. The first-order valence-corrected chi connectivity index (χ1v) is 9.98. The summed E-state index contributed by atoms with van der Waals surface area (Å²) in [5.74, 6) is -0.343. The van der Waals surface area contributed by atoms with Gasteiger partial charge in [0.2, 0.25) is 10.0 Å². The summed E-state index contributed by atoms with van der Waals surface area (Å²) in [6.45, 7) is 0. The maximum absolute atomic E-state index is 12.4. The molecule has 1 aliphatic carbocycles. The van der Waals surface area contributed by atoms with Gasteiger partial charge in [-0.3, -0.25) is 4.79 Å². The number of aliphatic hydroxyl groups is 1. The lowest BCUT2D eigenvalue weighted by molar-refractivity contribution is 0.0812. The molecular formula is C21H19NO5S. The molecule has 0 bridgehead atoms. The number of aromatic hydroxyl groups is 1. The van der Waals surface area contributed by atoms with Crippen molar-refractivity contribution in [3.8, 4) is 5.75 Å². The minimum absolute atomic E-state index is 0.0131. The average Bonchev–Trinajstić information content (AvgIpc) is 2.67. The summed E-state index contributed by atoms with van der Waals surface area (Å²) in [7, 11) is -4.03. The van der Waals surface area contributed by atoms with Crippen LogP contribution >= 0.6 is 0 Å². The molecule has 0 radical (unpaired) electrons. The monoisotopic (exact) mass is 397 g/mol. The molecule has 144 valence electrons. The molecule has 0 spiro atoms. The molecule has 3 N–H and O–H groups in total. The van der Waals surface area contributed by atoms with Crippen molar-refractivity contribution in [2.75, 3.05) is 0 Å². The summed E-state index contributed by atoms with van der Waals surface area (Å²) in [5.41, 5.74) is -0.564. The predicted molar refractivity (Wildman–Crippen MR) is 105 cm³/mol. The van der Waals surface area contributed by atoms with Gasteiger partial charge in [0.15, 0.2) is 11.5 Å². The first-order chi connectivity index (χ1) is 13.3. The largest absolute Gasteiger partial charge is 0.508 e. The van der Waals surface area contributed by atoms with Crippen LogP contribution < -0.4 is 4.72 Å². The summed E-state index contributed by atoms with van der Waals surface area (Å²) in [4.78, 5) is 11.9. The number of carbonyl (C=O) groups excluding carboxylic acids is 1. The van der Waals surface area contributed by atoms with Crippen molar-refractivity contribution in [2.45, 2.75) is 17.0 Å². The van der Waals surface area contributed by atoms with E-state index in [4.69, 9.17) is 0 Å². The van der Waals surface area contributed by atoms with Gasteiger partial charge in [0.05, 0.1) is 4.90 Å². The fourth-order valence-corrected chi connectivity index (χ4v) is 3.92. The number of hydrogen-bond donors (Lipinski definition) is 3. The predicted octanol–water partition coefficient (Wildman–Crippen LogP) is 2.68. The smallest absolute Gasteiger partial charge is 0.243 e. The average molecular weight is 397 g/mol. The Labute approximate surface area is 163 Å². The Bertz CT molecular complexity index is 1070. The molecule has 0 fully saturated rings. The molecule has 0 amide bonds. The minimum Gasteiger partial charge on any atom is -0.508 e. The van der Waals surface area contributed by atoms with Crippen LogP contribution in [0.2, 0.25) is 0 Å². The van der Waals surface area contributed by atoms with Crippen LogP contribution in [0.4, 0.5) is 0 Å². The second kappa shape index (κ2) is 7.93. The van der Waals surface area contributed by atoms with Crippen LogP contribution in [0.15, 0.2) is 95.4 Å². The van der Waals surface area contributed by atoms with Crippen molar-refractivity contribution in [1.29, 1.82) is 0 Å². The number of phenols is 1. The lowest BCUT2D eigenvalue weighted by Crippen LogP contribution is -2.47. The normalized spacial score (nSPS) is 19.5. The van der Waals surface area contributed by atoms with Gasteiger partial charge in [-0.25, -0.2) is 8.42 Å². The highest BCUT2D eigenvalue weighted by atomic mass is 32.2. The van der Waals surface area contributed by atoms with Gasteiger partial charge in [0, 0.05) is 12.0 Å². The Hall–Kier alpha value is -3.00. The van der Waals surface area contributed by atoms with Gasteiger partial charge in [0.25, 0.3) is 0 Å². The lowest BCUT2D eigenvalue weighted by atomic mass is 9.99. The van der Waals surface area contributed by atoms with Crippen molar-refractivity contribution in [1.82, 2.24) is 4.72 Å². The molecule has 28 heavy (non-hydrogen) atoms. The SMILES string of the molecule is O=C(C=CC1=CCC(O)(NS(=O)(=O)c2cccc(O)c2)C=C1)c1ccccc1. The molecule has 0 saturated carbocycles. The topological polar surface area (TPSA) is 104 Å². The van der Waals surface area contributed by atoms with Crippen LogP contribution in [0.5, 0.6) is 5.75 Å². The van der Waals surface area contributed by atoms with E-state index in [1.165, 1.54) is 36.4 Å². The highest BCUT2D eigenvalue weighted by Crippen LogP contribution is 2.23. The van der Waals surface area contributed by atoms with E-state index in [1.807, 2.05) is 6.07 Å². The molecule has 0 aromatic heterocycles. The highest BCUT2D eigenvalue weighted by Gasteiger charge is 2.31. The zero-order valence-electron chi connectivity index (χ0n) is 14.8. The van der Waals surface area contributed by atoms with Gasteiger partial charge in [0.1, 0.15) is 5.75 Å². The number of hydrogen-bond acceptors (Lipinski definition) is 5. The Kier molecular flexibility index (Phi) is 5.60. The second-order valence-electron chi connectivity index (χ2n) is 6.33. The second-order valence-corrected chi connectivity index (χ2v) is 8.01. The fourth-order valence-electron chi connectivity index (χ4n) is 2.66. The lowest BCUT2D eigenvalue weighted by Gasteiger charge is -2.27. The zero-order chi connectivity index (χ0) is 20.2. The van der Waals surface area contributed by atoms with Gasteiger partial charge in [-0.05, 0) is 35.9 Å². The van der Waals surface area contributed by atoms with E-state index < -0.39 is 15.7 Å². The summed E-state index contributed by atoms with van der Waals surface area (Å²) < 4.78 is 27.1. The van der Waals surface area contributed by atoms with E-state index in [2.05, 4.69) is 4.72 Å². The molecule has 0 aliphatic heterocycles. The van der Waals surface area contributed by atoms with Gasteiger partial charge >= 0.3 is 0 Å². The molecule has 2 aromatic carbocycles. The maximum Gasteiger partial charge on any atom is 0.243 e. The number of carbonyl (C=O) groups is 1. The molecule has 7 heteroatoms. The highest BCUT2D eigenvalue weighted by molar-refractivity contribution is 7.89. The number of allylic oxidation sites excluding steroid dienone is 4. The van der Waals surface area contributed by atoms with Crippen molar-refractivity contribution in [2.24, 2.45) is 0 Å². The van der Waals surface area contributed by atoms with Crippen LogP contribution in [0.3, 0.4) is 0 Å². The van der Waals surface area contributed by atoms with E-state index >= 15 is 0 Å². The Balaban J connectivity index is 1.68. The first kappa shape index (κ1) is 19.8. The third-order valence-corrected chi connectivity index (χ3v) is 5.62. The van der Waals surface area contributed by atoms with Crippen LogP contribution in [0.25, 0.3) is 0 Å². The quantitative estimate of drug-likeness (QED) is 0.395. The molecule has 3 rings (SSSR count). The Morgan fingerprint density at radius 1 is 1.11 bits per heavy atom. The molecule has 2 aromatic rings. The zero-order valence-corrected chi connectivity index (χ0v) is 15.6. The number of sulfonamides is 1. The Morgan fingerprint density at radius 2 is 1.86 bits per heavy atom. The van der Waals surface area contributed by atoms with Gasteiger partial charge in [-0.15, -0.1) is 0 Å². The summed E-state index contributed by atoms with van der Waals surface area (Å²) in [5, 5.41) is 20.0. The number of benzene rings is 2. The minimum atomic E-state index is -4.03. The van der Waals surface area contributed by atoms with Crippen molar-refractivity contribution >= 4 is 15.8 Å². The maximum atomic E-state index is 12.4. The van der Waals surface area contributed by atoms with Gasteiger partial charge < -0.3 is 10.2 Å². The van der Waals surface area contributed by atoms with Crippen LogP contribution in [-0.4, -0.2) is 30.1 Å². The number of nitrogens with one attached hydrogen (secondary N) is 1. The van der Waals surface area contributed by atoms with E-state index in [0.717, 1.165) is 6.07 Å². The number of rotatable bonds is 6. The number of phenolic OH excluding ortho intramolecular Hbond substituents is 1. The van der Waals surface area contributed by atoms with Crippen LogP contribution in [-0.2, 0) is 10.0 Å². The standard InChI is InChI=1S/C21H19NO5S/c23-18-7-4-8-19(15-18)28(26,27)22-21(25)13-11-16(12-14-21)9-10-20(24)17-5-2-1-3-6-17/h1-13,15,22-23,25H,14H2. The van der Waals surface area contributed by atoms with Crippen molar-refractivity contribution in [3.63, 3.8) is 0 Å². The van der Waals surface area contributed by atoms with Crippen LogP contribution in [0, 0.1) is 0 Å². The van der Waals surface area contributed by atoms with E-state index in [1.54, 1.807) is 36.4 Å². The first-order valence-electron chi connectivity index (χ1n) is 8.50. The molecule has 0 heterocycles. The number of ketones is 1. The molecule has 1 atom stereocenters. The molecule has 1 unspecified atom stereocenters. The summed E-state index contributed by atoms with van der Waals surface area (Å²) in [6, 6.07) is 14.0. The van der Waals surface area contributed by atoms with Crippen molar-refractivity contribution < 1.29 is 23.4 Å². The molecule has 0 saturated heterocycles. The van der Waals surface area contributed by atoms with Crippen molar-refractivity contribution in [3.05, 3.63) is 96.1 Å². The third-order valence-electron chi connectivity index (χ3n) is 4.12. The van der Waals surface area contributed by atoms with Gasteiger partial charge in [-0.1, -0.05) is 54.6 Å².